The Morgan fingerprint density at radius 3 is 2.96 bits per heavy atom. The van der Waals surface area contributed by atoms with Gasteiger partial charge >= 0.3 is 0 Å². The number of hydrogen-bond donors (Lipinski definition) is 2. The number of fused-ring (bicyclic) bond motifs is 1. The molecule has 0 spiro atoms. The second-order valence-corrected chi connectivity index (χ2v) is 5.72. The van der Waals surface area contributed by atoms with Gasteiger partial charge in [-0.1, -0.05) is 6.92 Å². The zero-order chi connectivity index (χ0) is 17.3. The second-order valence-electron chi connectivity index (χ2n) is 5.72. The lowest BCUT2D eigenvalue weighted by Gasteiger charge is -2.27. The van der Waals surface area contributed by atoms with Crippen molar-refractivity contribution >= 4 is 22.8 Å². The molecule has 2 amide bonds. The number of imidazole rings is 1. The number of halogens is 2. The summed E-state index contributed by atoms with van der Waals surface area (Å²) >= 11 is 0. The van der Waals surface area contributed by atoms with Crippen molar-refractivity contribution in [2.45, 2.75) is 32.2 Å². The Labute approximate surface area is 137 Å². The van der Waals surface area contributed by atoms with Crippen LogP contribution in [0.3, 0.4) is 0 Å². The van der Waals surface area contributed by atoms with E-state index in [1.54, 1.807) is 11.0 Å². The summed E-state index contributed by atoms with van der Waals surface area (Å²) in [5, 5.41) is 2.79. The third-order valence-corrected chi connectivity index (χ3v) is 4.16. The Bertz CT molecular complexity index is 775. The molecule has 6 nitrogen and oxygen atoms in total. The largest absolute Gasteiger partial charge is 0.354 e. The minimum atomic E-state index is -2.70. The second kappa shape index (κ2) is 6.54. The Morgan fingerprint density at radius 1 is 1.46 bits per heavy atom. The summed E-state index contributed by atoms with van der Waals surface area (Å²) in [6, 6.07) is 4.07. The highest BCUT2D eigenvalue weighted by molar-refractivity contribution is 6.00. The highest BCUT2D eigenvalue weighted by Crippen LogP contribution is 2.22. The molecule has 1 atom stereocenters. The number of nitrogens with one attached hydrogen (secondary N) is 2. The molecule has 2 heterocycles. The number of H-pyrrole nitrogens is 1. The van der Waals surface area contributed by atoms with E-state index < -0.39 is 18.3 Å². The molecule has 3 rings (SSSR count). The number of rotatable bonds is 3. The van der Waals surface area contributed by atoms with E-state index in [4.69, 9.17) is 0 Å². The molecule has 0 radical (unpaired) electrons. The van der Waals surface area contributed by atoms with Crippen molar-refractivity contribution in [3.8, 4) is 0 Å². The van der Waals surface area contributed by atoms with Crippen LogP contribution in [-0.4, -0.2) is 45.8 Å². The molecular weight excluding hydrogens is 318 g/mol. The maximum Gasteiger partial charge on any atom is 0.295 e. The molecule has 1 aromatic heterocycles. The SMILES string of the molecule is CC[C@@H]1C(=O)NCCCN1C(=O)c1ccc2nc(C(F)F)[nH]c2c1. The monoisotopic (exact) mass is 336 g/mol. The molecule has 128 valence electrons. The lowest BCUT2D eigenvalue weighted by Crippen LogP contribution is -2.46. The number of hydrogen-bond acceptors (Lipinski definition) is 3. The van der Waals surface area contributed by atoms with Crippen LogP contribution < -0.4 is 5.32 Å². The molecule has 8 heteroatoms. The normalized spacial score (nSPS) is 18.8. The van der Waals surface area contributed by atoms with Gasteiger partial charge in [-0.15, -0.1) is 0 Å². The summed E-state index contributed by atoms with van der Waals surface area (Å²) in [7, 11) is 0. The van der Waals surface area contributed by atoms with Gasteiger partial charge in [-0.3, -0.25) is 9.59 Å². The van der Waals surface area contributed by atoms with Crippen molar-refractivity contribution in [2.75, 3.05) is 13.1 Å². The summed E-state index contributed by atoms with van der Waals surface area (Å²) < 4.78 is 25.5. The van der Waals surface area contributed by atoms with Gasteiger partial charge in [0.15, 0.2) is 5.82 Å². The smallest absolute Gasteiger partial charge is 0.295 e. The van der Waals surface area contributed by atoms with E-state index in [1.165, 1.54) is 12.1 Å². The minimum Gasteiger partial charge on any atom is -0.354 e. The molecule has 0 saturated carbocycles. The number of aromatic amines is 1. The van der Waals surface area contributed by atoms with Gasteiger partial charge in [0.2, 0.25) is 5.91 Å². The van der Waals surface area contributed by atoms with E-state index in [9.17, 15) is 18.4 Å². The lowest BCUT2D eigenvalue weighted by atomic mass is 10.1. The first kappa shape index (κ1) is 16.4. The predicted molar refractivity (Wildman–Crippen MR) is 83.8 cm³/mol. The van der Waals surface area contributed by atoms with Crippen LogP contribution in [0.4, 0.5) is 8.78 Å². The molecule has 1 fully saturated rings. The van der Waals surface area contributed by atoms with Gasteiger partial charge in [-0.05, 0) is 31.0 Å². The first-order valence-corrected chi connectivity index (χ1v) is 7.87. The van der Waals surface area contributed by atoms with E-state index >= 15 is 0 Å². The standard InChI is InChI=1S/C16H18F2N4O2/c1-2-12-15(23)19-6-3-7-22(12)16(24)9-4-5-10-11(8-9)21-14(20-10)13(17)18/h4-5,8,12-13H,2-3,6-7H2,1H3,(H,19,23)(H,20,21)/t12-/m1/s1. The van der Waals surface area contributed by atoms with Gasteiger partial charge in [0.05, 0.1) is 11.0 Å². The molecule has 1 aliphatic heterocycles. The van der Waals surface area contributed by atoms with E-state index in [-0.39, 0.29) is 11.8 Å². The molecule has 2 N–H and O–H groups in total. The van der Waals surface area contributed by atoms with Crippen molar-refractivity contribution in [1.82, 2.24) is 20.2 Å². The zero-order valence-corrected chi connectivity index (χ0v) is 13.2. The summed E-state index contributed by atoms with van der Waals surface area (Å²) in [5.41, 5.74) is 1.10. The Morgan fingerprint density at radius 2 is 2.25 bits per heavy atom. The number of amides is 2. The molecule has 1 aliphatic rings. The predicted octanol–water partition coefficient (Wildman–Crippen LogP) is 2.24. The van der Waals surface area contributed by atoms with Gasteiger partial charge in [-0.25, -0.2) is 13.8 Å². The van der Waals surface area contributed by atoms with E-state index in [1.807, 2.05) is 6.92 Å². The zero-order valence-electron chi connectivity index (χ0n) is 13.2. The molecule has 24 heavy (non-hydrogen) atoms. The molecular formula is C16H18F2N4O2. The highest BCUT2D eigenvalue weighted by Gasteiger charge is 2.30. The lowest BCUT2D eigenvalue weighted by molar-refractivity contribution is -0.124. The maximum atomic E-state index is 12.8. The quantitative estimate of drug-likeness (QED) is 0.902. The molecule has 1 saturated heterocycles. The molecule has 2 aromatic rings. The van der Waals surface area contributed by atoms with Crippen LogP contribution in [-0.2, 0) is 4.79 Å². The van der Waals surface area contributed by atoms with E-state index in [2.05, 4.69) is 15.3 Å². The Kier molecular flexibility index (Phi) is 4.46. The highest BCUT2D eigenvalue weighted by atomic mass is 19.3. The van der Waals surface area contributed by atoms with Crippen LogP contribution in [0.5, 0.6) is 0 Å². The van der Waals surface area contributed by atoms with Crippen LogP contribution in [0.15, 0.2) is 18.2 Å². The third kappa shape index (κ3) is 2.95. The fourth-order valence-corrected chi connectivity index (χ4v) is 2.96. The van der Waals surface area contributed by atoms with Gasteiger partial charge in [0.1, 0.15) is 6.04 Å². The number of benzene rings is 1. The van der Waals surface area contributed by atoms with Crippen molar-refractivity contribution in [2.24, 2.45) is 0 Å². The Balaban J connectivity index is 1.93. The van der Waals surface area contributed by atoms with Crippen LogP contribution in [0, 0.1) is 0 Å². The van der Waals surface area contributed by atoms with Crippen molar-refractivity contribution in [3.05, 3.63) is 29.6 Å². The van der Waals surface area contributed by atoms with Gasteiger partial charge in [0.25, 0.3) is 12.3 Å². The number of carbonyl (C=O) groups excluding carboxylic acids is 2. The summed E-state index contributed by atoms with van der Waals surface area (Å²) in [6.45, 7) is 2.86. The van der Waals surface area contributed by atoms with E-state index in [0.717, 1.165) is 0 Å². The average Bonchev–Trinajstić information content (AvgIpc) is 2.91. The van der Waals surface area contributed by atoms with Crippen molar-refractivity contribution in [3.63, 3.8) is 0 Å². The fourth-order valence-electron chi connectivity index (χ4n) is 2.96. The summed E-state index contributed by atoms with van der Waals surface area (Å²) in [5.74, 6) is -0.866. The van der Waals surface area contributed by atoms with Gasteiger partial charge in [-0.2, -0.15) is 0 Å². The van der Waals surface area contributed by atoms with Gasteiger partial charge in [0, 0.05) is 18.7 Å². The summed E-state index contributed by atoms with van der Waals surface area (Å²) in [4.78, 5) is 32.8. The van der Waals surface area contributed by atoms with Crippen LogP contribution >= 0.6 is 0 Å². The van der Waals surface area contributed by atoms with E-state index in [0.29, 0.717) is 42.5 Å². The Hall–Kier alpha value is -2.51. The maximum absolute atomic E-state index is 12.8. The first-order valence-electron chi connectivity index (χ1n) is 7.87. The average molecular weight is 336 g/mol. The van der Waals surface area contributed by atoms with Crippen LogP contribution in [0.2, 0.25) is 0 Å². The first-order chi connectivity index (χ1) is 11.5. The van der Waals surface area contributed by atoms with Crippen molar-refractivity contribution in [1.29, 1.82) is 0 Å². The fraction of sp³-hybridized carbons (Fsp3) is 0.438. The number of aromatic nitrogens is 2. The van der Waals surface area contributed by atoms with Crippen LogP contribution in [0.1, 0.15) is 42.4 Å². The summed E-state index contributed by atoms with van der Waals surface area (Å²) in [6.07, 6.45) is -1.51. The topological polar surface area (TPSA) is 78.1 Å². The van der Waals surface area contributed by atoms with Crippen LogP contribution in [0.25, 0.3) is 11.0 Å². The molecule has 0 unspecified atom stereocenters. The number of alkyl halides is 2. The van der Waals surface area contributed by atoms with Crippen molar-refractivity contribution < 1.29 is 18.4 Å². The third-order valence-electron chi connectivity index (χ3n) is 4.16. The minimum absolute atomic E-state index is 0.161. The molecule has 0 aliphatic carbocycles. The number of carbonyl (C=O) groups is 2. The molecule has 1 aromatic carbocycles. The molecule has 0 bridgehead atoms. The number of nitrogens with zero attached hydrogens (tertiary/aromatic N) is 2. The van der Waals surface area contributed by atoms with Gasteiger partial charge < -0.3 is 15.2 Å².